The van der Waals surface area contributed by atoms with Gasteiger partial charge < -0.3 is 14.9 Å². The number of rotatable bonds is 3. The first-order valence-corrected chi connectivity index (χ1v) is 12.2. The lowest BCUT2D eigenvalue weighted by Crippen LogP contribution is -2.61. The van der Waals surface area contributed by atoms with Gasteiger partial charge in [-0.25, -0.2) is 0 Å². The van der Waals surface area contributed by atoms with Crippen LogP contribution in [0.1, 0.15) is 59.3 Å². The minimum absolute atomic E-state index is 0.127. The van der Waals surface area contributed by atoms with Gasteiger partial charge in [-0.3, -0.25) is 4.79 Å². The highest BCUT2D eigenvalue weighted by molar-refractivity contribution is 5.91. The fourth-order valence-corrected chi connectivity index (χ4v) is 8.30. The second kappa shape index (κ2) is 7.30. The minimum atomic E-state index is -1.18. The zero-order chi connectivity index (χ0) is 22.9. The molecule has 1 aromatic carbocycles. The maximum atomic E-state index is 12.2. The van der Waals surface area contributed by atoms with Gasteiger partial charge in [0.05, 0.1) is 6.10 Å². The SMILES string of the molecule is C=C(Oc1ccccc1)[C@@]1(O)CC[C@H]2[C@@H]3CC(C)C4=CC(=O)CC[C@]4(C)[C@H]3C(O)C[C@@]21C. The van der Waals surface area contributed by atoms with E-state index in [0.717, 1.165) is 19.3 Å². The smallest absolute Gasteiger partial charge is 0.155 e. The molecule has 0 saturated heterocycles. The molecule has 8 atom stereocenters. The fourth-order valence-electron chi connectivity index (χ4n) is 8.30. The lowest BCUT2D eigenvalue weighted by atomic mass is 9.44. The van der Waals surface area contributed by atoms with Crippen LogP contribution in [0, 0.1) is 34.5 Å². The van der Waals surface area contributed by atoms with Gasteiger partial charge in [0.1, 0.15) is 17.1 Å². The molecule has 4 heteroatoms. The Morgan fingerprint density at radius 1 is 1.19 bits per heavy atom. The molecule has 4 aliphatic carbocycles. The number of carbonyl (C=O) groups is 1. The molecule has 4 aliphatic rings. The number of aliphatic hydroxyl groups is 2. The zero-order valence-corrected chi connectivity index (χ0v) is 19.5. The van der Waals surface area contributed by atoms with Crippen molar-refractivity contribution >= 4 is 5.78 Å². The number of allylic oxidation sites excluding steroid dienone is 1. The van der Waals surface area contributed by atoms with Gasteiger partial charge in [0, 0.05) is 11.8 Å². The summed E-state index contributed by atoms with van der Waals surface area (Å²) in [7, 11) is 0. The average molecular weight is 437 g/mol. The van der Waals surface area contributed by atoms with Gasteiger partial charge in [0.2, 0.25) is 0 Å². The molecule has 3 saturated carbocycles. The number of hydrogen-bond acceptors (Lipinski definition) is 4. The van der Waals surface area contributed by atoms with Gasteiger partial charge in [-0.2, -0.15) is 0 Å². The first-order chi connectivity index (χ1) is 15.1. The summed E-state index contributed by atoms with van der Waals surface area (Å²) in [6.45, 7) is 10.8. The summed E-state index contributed by atoms with van der Waals surface area (Å²) >= 11 is 0. The van der Waals surface area contributed by atoms with Crippen LogP contribution in [-0.4, -0.2) is 27.7 Å². The van der Waals surface area contributed by atoms with Crippen molar-refractivity contribution in [2.75, 3.05) is 0 Å². The highest BCUT2D eigenvalue weighted by Crippen LogP contribution is 2.69. The Morgan fingerprint density at radius 2 is 1.91 bits per heavy atom. The van der Waals surface area contributed by atoms with Crippen molar-refractivity contribution in [3.63, 3.8) is 0 Å². The van der Waals surface area contributed by atoms with Crippen LogP contribution in [0.4, 0.5) is 0 Å². The van der Waals surface area contributed by atoms with Crippen molar-refractivity contribution in [2.24, 2.45) is 34.5 Å². The van der Waals surface area contributed by atoms with Gasteiger partial charge in [0.15, 0.2) is 5.78 Å². The highest BCUT2D eigenvalue weighted by atomic mass is 16.5. The molecule has 5 rings (SSSR count). The number of para-hydroxylation sites is 1. The Morgan fingerprint density at radius 3 is 2.62 bits per heavy atom. The van der Waals surface area contributed by atoms with E-state index in [1.807, 2.05) is 36.4 Å². The maximum absolute atomic E-state index is 12.2. The molecule has 1 aromatic rings. The Labute approximate surface area is 191 Å². The predicted molar refractivity (Wildman–Crippen MR) is 124 cm³/mol. The van der Waals surface area contributed by atoms with E-state index in [0.29, 0.717) is 42.6 Å². The van der Waals surface area contributed by atoms with Crippen LogP contribution in [-0.2, 0) is 4.79 Å². The number of ether oxygens (including phenoxy) is 1. The van der Waals surface area contributed by atoms with Crippen molar-refractivity contribution in [3.05, 3.63) is 54.3 Å². The van der Waals surface area contributed by atoms with Crippen molar-refractivity contribution in [1.29, 1.82) is 0 Å². The summed E-state index contributed by atoms with van der Waals surface area (Å²) in [5, 5.41) is 23.6. The van der Waals surface area contributed by atoms with Crippen LogP contribution in [0.25, 0.3) is 0 Å². The molecule has 2 unspecified atom stereocenters. The molecule has 0 aromatic heterocycles. The van der Waals surface area contributed by atoms with Gasteiger partial charge in [-0.15, -0.1) is 0 Å². The molecular formula is C28H36O4. The summed E-state index contributed by atoms with van der Waals surface area (Å²) in [5.41, 5.74) is -0.582. The van der Waals surface area contributed by atoms with E-state index in [-0.39, 0.29) is 23.0 Å². The number of benzene rings is 1. The molecule has 0 aliphatic heterocycles. The van der Waals surface area contributed by atoms with Gasteiger partial charge in [0.25, 0.3) is 0 Å². The van der Waals surface area contributed by atoms with Crippen LogP contribution < -0.4 is 4.74 Å². The van der Waals surface area contributed by atoms with E-state index in [9.17, 15) is 15.0 Å². The molecule has 4 nitrogen and oxygen atoms in total. The van der Waals surface area contributed by atoms with E-state index in [1.54, 1.807) is 0 Å². The van der Waals surface area contributed by atoms with Gasteiger partial charge >= 0.3 is 0 Å². The third-order valence-corrected chi connectivity index (χ3v) is 9.81. The summed E-state index contributed by atoms with van der Waals surface area (Å²) in [6, 6.07) is 9.49. The van der Waals surface area contributed by atoms with Gasteiger partial charge in [-0.1, -0.05) is 51.1 Å². The molecule has 0 bridgehead atoms. The van der Waals surface area contributed by atoms with E-state index >= 15 is 0 Å². The molecule has 0 amide bonds. The molecule has 0 heterocycles. The van der Waals surface area contributed by atoms with E-state index < -0.39 is 17.1 Å². The maximum Gasteiger partial charge on any atom is 0.155 e. The zero-order valence-electron chi connectivity index (χ0n) is 19.5. The highest BCUT2D eigenvalue weighted by Gasteiger charge is 2.68. The van der Waals surface area contributed by atoms with Crippen LogP contribution in [0.15, 0.2) is 54.3 Å². The number of fused-ring (bicyclic) bond motifs is 5. The summed E-state index contributed by atoms with van der Waals surface area (Å²) in [5.74, 6) is 2.33. The quantitative estimate of drug-likeness (QED) is 0.650. The summed E-state index contributed by atoms with van der Waals surface area (Å²) in [4.78, 5) is 12.2. The molecule has 32 heavy (non-hydrogen) atoms. The first kappa shape index (κ1) is 21.9. The summed E-state index contributed by atoms with van der Waals surface area (Å²) in [6.07, 6.45) is 5.72. The standard InChI is InChI=1S/C28H36O4/c1-17-14-21-22-11-13-28(31,18(2)32-20-8-6-5-7-9-20)27(22,4)16-24(30)25(21)26(3)12-10-19(29)15-23(17)26/h5-9,15,17,21-22,24-25,30-31H,2,10-14,16H2,1,3-4H3/t17?,21-,22-,24?,25+,26-,27-,28-/m0/s1. The lowest BCUT2D eigenvalue weighted by molar-refractivity contribution is -0.170. The normalized spacial score (nSPS) is 45.3. The molecule has 3 fully saturated rings. The first-order valence-electron chi connectivity index (χ1n) is 12.2. The Kier molecular flexibility index (Phi) is 5.00. The fraction of sp³-hybridized carbons (Fsp3) is 0.607. The van der Waals surface area contributed by atoms with Crippen molar-refractivity contribution in [1.82, 2.24) is 0 Å². The van der Waals surface area contributed by atoms with Crippen LogP contribution in [0.5, 0.6) is 5.75 Å². The number of carbonyl (C=O) groups excluding carboxylic acids is 1. The topological polar surface area (TPSA) is 66.8 Å². The molecule has 2 N–H and O–H groups in total. The van der Waals surface area contributed by atoms with E-state index in [1.165, 1.54) is 5.57 Å². The third kappa shape index (κ3) is 2.92. The molecule has 0 spiro atoms. The minimum Gasteiger partial charge on any atom is -0.459 e. The van der Waals surface area contributed by atoms with Crippen LogP contribution in [0.2, 0.25) is 0 Å². The van der Waals surface area contributed by atoms with Crippen molar-refractivity contribution in [3.8, 4) is 5.75 Å². The third-order valence-electron chi connectivity index (χ3n) is 9.81. The van der Waals surface area contributed by atoms with Gasteiger partial charge in [-0.05, 0) is 79.4 Å². The summed E-state index contributed by atoms with van der Waals surface area (Å²) < 4.78 is 6.05. The Hall–Kier alpha value is -1.91. The molecule has 0 radical (unpaired) electrons. The number of hydrogen-bond donors (Lipinski definition) is 2. The van der Waals surface area contributed by atoms with Crippen molar-refractivity contribution in [2.45, 2.75) is 71.0 Å². The number of aliphatic hydroxyl groups excluding tert-OH is 1. The lowest BCUT2D eigenvalue weighted by Gasteiger charge is -2.62. The number of ketones is 1. The molecule has 172 valence electrons. The molecular weight excluding hydrogens is 400 g/mol. The van der Waals surface area contributed by atoms with E-state index in [4.69, 9.17) is 4.74 Å². The largest absolute Gasteiger partial charge is 0.459 e. The van der Waals surface area contributed by atoms with Crippen LogP contribution >= 0.6 is 0 Å². The van der Waals surface area contributed by atoms with Crippen molar-refractivity contribution < 1.29 is 19.7 Å². The Balaban J connectivity index is 1.49. The predicted octanol–water partition coefficient (Wildman–Crippen LogP) is 5.06. The monoisotopic (exact) mass is 436 g/mol. The Bertz CT molecular complexity index is 967. The second-order valence-electron chi connectivity index (χ2n) is 11.3. The average Bonchev–Trinajstić information content (AvgIpc) is 3.01. The van der Waals surface area contributed by atoms with Crippen LogP contribution in [0.3, 0.4) is 0 Å². The van der Waals surface area contributed by atoms with E-state index in [2.05, 4.69) is 27.4 Å². The second-order valence-corrected chi connectivity index (χ2v) is 11.3.